The number of rotatable bonds is 8. The average Bonchev–Trinajstić information content (AvgIpc) is 2.97. The Hall–Kier alpha value is -2.53. The van der Waals surface area contributed by atoms with Gasteiger partial charge in [0.2, 0.25) is 0 Å². The Morgan fingerprint density at radius 2 is 1.68 bits per heavy atom. The lowest BCUT2D eigenvalue weighted by Crippen LogP contribution is -2.31. The first-order valence-corrected chi connectivity index (χ1v) is 10.6. The number of anilines is 1. The number of hydrogen-bond donors (Lipinski definition) is 0. The molecule has 1 aliphatic heterocycles. The molecule has 0 aromatic heterocycles. The number of methoxy groups -OCH3 is 1. The molecule has 0 N–H and O–H groups in total. The van der Waals surface area contributed by atoms with E-state index >= 15 is 0 Å². The second-order valence-electron chi connectivity index (χ2n) is 6.55. The number of amides is 2. The highest BCUT2D eigenvalue weighted by molar-refractivity contribution is 8.04. The highest BCUT2D eigenvalue weighted by Gasteiger charge is 2.40. The van der Waals surface area contributed by atoms with Gasteiger partial charge >= 0.3 is 0 Å². The monoisotopic (exact) mass is 395 g/mol. The molecule has 2 amide bonds. The van der Waals surface area contributed by atoms with Crippen molar-refractivity contribution in [2.45, 2.75) is 33.1 Å². The largest absolute Gasteiger partial charge is 0.496 e. The van der Waals surface area contributed by atoms with E-state index in [4.69, 9.17) is 4.74 Å². The Morgan fingerprint density at radius 1 is 0.964 bits per heavy atom. The number of carbonyl (C=O) groups is 2. The first-order valence-electron chi connectivity index (χ1n) is 9.60. The molecule has 1 aliphatic rings. The van der Waals surface area contributed by atoms with Gasteiger partial charge in [-0.25, -0.2) is 4.90 Å². The molecule has 0 unspecified atom stereocenters. The van der Waals surface area contributed by atoms with E-state index in [1.807, 2.05) is 49.4 Å². The molecule has 2 aromatic rings. The standard InChI is InChI=1S/C23H25NO3S/c1-4-6-9-16-12-14-17(15-13-16)24-22(25)20(21(23(24)26)28-5-2)18-10-7-8-11-19(18)27-3/h7-8,10-15H,4-6,9H2,1-3H3. The normalized spacial score (nSPS) is 14.2. The Kier molecular flexibility index (Phi) is 6.57. The number of unbranched alkanes of at least 4 members (excludes halogenated alkanes) is 1. The second-order valence-corrected chi connectivity index (χ2v) is 7.83. The van der Waals surface area contributed by atoms with Crippen LogP contribution in [0.5, 0.6) is 5.75 Å². The van der Waals surface area contributed by atoms with Gasteiger partial charge in [-0.15, -0.1) is 11.8 Å². The number of hydrogen-bond acceptors (Lipinski definition) is 4. The number of thioether (sulfide) groups is 1. The van der Waals surface area contributed by atoms with Crippen molar-refractivity contribution in [2.24, 2.45) is 0 Å². The van der Waals surface area contributed by atoms with E-state index in [0.717, 1.165) is 19.3 Å². The fourth-order valence-corrected chi connectivity index (χ4v) is 4.15. The van der Waals surface area contributed by atoms with Crippen molar-refractivity contribution in [1.29, 1.82) is 0 Å². The van der Waals surface area contributed by atoms with Crippen LogP contribution < -0.4 is 9.64 Å². The third-order valence-electron chi connectivity index (χ3n) is 4.72. The van der Waals surface area contributed by atoms with Crippen molar-refractivity contribution in [3.63, 3.8) is 0 Å². The smallest absolute Gasteiger partial charge is 0.272 e. The first kappa shape index (κ1) is 20.2. The lowest BCUT2D eigenvalue weighted by Gasteiger charge is -2.16. The molecule has 0 saturated carbocycles. The molecule has 4 nitrogen and oxygen atoms in total. The molecule has 28 heavy (non-hydrogen) atoms. The van der Waals surface area contributed by atoms with Gasteiger partial charge in [0.05, 0.1) is 23.3 Å². The minimum atomic E-state index is -0.299. The molecule has 0 saturated heterocycles. The van der Waals surface area contributed by atoms with Crippen molar-refractivity contribution < 1.29 is 14.3 Å². The van der Waals surface area contributed by atoms with Crippen LogP contribution in [0.3, 0.4) is 0 Å². The van der Waals surface area contributed by atoms with Crippen LogP contribution in [0.1, 0.15) is 37.8 Å². The highest BCUT2D eigenvalue weighted by Crippen LogP contribution is 2.41. The number of carbonyl (C=O) groups excluding carboxylic acids is 2. The van der Waals surface area contributed by atoms with Crippen LogP contribution in [0, 0.1) is 0 Å². The summed E-state index contributed by atoms with van der Waals surface area (Å²) in [4.78, 5) is 28.2. The zero-order valence-electron chi connectivity index (χ0n) is 16.5. The number of nitrogens with zero attached hydrogens (tertiary/aromatic N) is 1. The number of imide groups is 1. The lowest BCUT2D eigenvalue weighted by molar-refractivity contribution is -0.119. The highest BCUT2D eigenvalue weighted by atomic mass is 32.2. The third kappa shape index (κ3) is 3.85. The summed E-state index contributed by atoms with van der Waals surface area (Å²) < 4.78 is 5.44. The van der Waals surface area contributed by atoms with Gasteiger partial charge in [0, 0.05) is 5.56 Å². The van der Waals surface area contributed by atoms with Crippen LogP contribution in [-0.4, -0.2) is 24.7 Å². The maximum atomic E-state index is 13.3. The van der Waals surface area contributed by atoms with E-state index in [1.165, 1.54) is 22.2 Å². The zero-order valence-corrected chi connectivity index (χ0v) is 17.3. The Bertz CT molecular complexity index is 902. The second kappa shape index (κ2) is 9.11. The molecule has 0 bridgehead atoms. The summed E-state index contributed by atoms with van der Waals surface area (Å²) in [7, 11) is 1.57. The van der Waals surface area contributed by atoms with Crippen LogP contribution in [-0.2, 0) is 16.0 Å². The SMILES string of the molecule is CCCCc1ccc(N2C(=O)C(SCC)=C(c3ccccc3OC)C2=O)cc1. The van der Waals surface area contributed by atoms with Crippen LogP contribution in [0.2, 0.25) is 0 Å². The van der Waals surface area contributed by atoms with Gasteiger partial charge in [-0.1, -0.05) is 50.6 Å². The summed E-state index contributed by atoms with van der Waals surface area (Å²) >= 11 is 1.40. The van der Waals surface area contributed by atoms with Gasteiger partial charge in [0.15, 0.2) is 0 Å². The quantitative estimate of drug-likeness (QED) is 0.585. The van der Waals surface area contributed by atoms with Gasteiger partial charge in [0.1, 0.15) is 5.75 Å². The third-order valence-corrected chi connectivity index (χ3v) is 5.68. The van der Waals surface area contributed by atoms with Crippen LogP contribution in [0.4, 0.5) is 5.69 Å². The fourth-order valence-electron chi connectivity index (χ4n) is 3.30. The average molecular weight is 396 g/mol. The molecule has 0 atom stereocenters. The molecular formula is C23H25NO3S. The van der Waals surface area contributed by atoms with E-state index in [1.54, 1.807) is 13.2 Å². The van der Waals surface area contributed by atoms with Crippen molar-refractivity contribution in [2.75, 3.05) is 17.8 Å². The molecule has 3 rings (SSSR count). The summed E-state index contributed by atoms with van der Waals surface area (Å²) in [5.74, 6) is 0.729. The fraction of sp³-hybridized carbons (Fsp3) is 0.304. The molecule has 0 radical (unpaired) electrons. The minimum absolute atomic E-state index is 0.265. The summed E-state index contributed by atoms with van der Waals surface area (Å²) in [6.45, 7) is 4.13. The molecule has 2 aromatic carbocycles. The lowest BCUT2D eigenvalue weighted by atomic mass is 10.0. The Labute approximate surface area is 170 Å². The maximum Gasteiger partial charge on any atom is 0.272 e. The Morgan fingerprint density at radius 3 is 2.32 bits per heavy atom. The van der Waals surface area contributed by atoms with E-state index < -0.39 is 0 Å². The van der Waals surface area contributed by atoms with E-state index in [0.29, 0.717) is 33.2 Å². The van der Waals surface area contributed by atoms with Gasteiger partial charge in [0.25, 0.3) is 11.8 Å². The van der Waals surface area contributed by atoms with Crippen molar-refractivity contribution >= 4 is 34.8 Å². The minimum Gasteiger partial charge on any atom is -0.496 e. The molecule has 5 heteroatoms. The predicted molar refractivity (Wildman–Crippen MR) is 116 cm³/mol. The van der Waals surface area contributed by atoms with E-state index in [9.17, 15) is 9.59 Å². The van der Waals surface area contributed by atoms with Gasteiger partial charge < -0.3 is 4.74 Å². The molecule has 1 heterocycles. The van der Waals surface area contributed by atoms with Gasteiger partial charge in [-0.05, 0) is 42.4 Å². The number of aryl methyl sites for hydroxylation is 1. The maximum absolute atomic E-state index is 13.3. The summed E-state index contributed by atoms with van der Waals surface area (Å²) in [6.07, 6.45) is 3.26. The number of ether oxygens (including phenoxy) is 1. The van der Waals surface area contributed by atoms with Crippen molar-refractivity contribution in [3.05, 3.63) is 64.6 Å². The van der Waals surface area contributed by atoms with E-state index in [-0.39, 0.29) is 11.8 Å². The van der Waals surface area contributed by atoms with Crippen molar-refractivity contribution in [3.8, 4) is 5.75 Å². The predicted octanol–water partition coefficient (Wildman–Crippen LogP) is 5.08. The summed E-state index contributed by atoms with van der Waals surface area (Å²) in [6, 6.07) is 15.1. The van der Waals surface area contributed by atoms with Crippen LogP contribution >= 0.6 is 11.8 Å². The van der Waals surface area contributed by atoms with Crippen LogP contribution in [0.15, 0.2) is 53.4 Å². The molecule has 0 aliphatic carbocycles. The van der Waals surface area contributed by atoms with Gasteiger partial charge in [-0.2, -0.15) is 0 Å². The Balaban J connectivity index is 1.99. The topological polar surface area (TPSA) is 46.6 Å². The molecular weight excluding hydrogens is 370 g/mol. The first-order chi connectivity index (χ1) is 13.6. The van der Waals surface area contributed by atoms with Crippen LogP contribution in [0.25, 0.3) is 5.57 Å². The van der Waals surface area contributed by atoms with Crippen molar-refractivity contribution in [1.82, 2.24) is 0 Å². The summed E-state index contributed by atoms with van der Waals surface area (Å²) in [5, 5.41) is 0. The summed E-state index contributed by atoms with van der Waals surface area (Å²) in [5.41, 5.74) is 2.89. The van der Waals surface area contributed by atoms with Gasteiger partial charge in [-0.3, -0.25) is 9.59 Å². The molecule has 0 spiro atoms. The number of benzene rings is 2. The molecule has 0 fully saturated rings. The van der Waals surface area contributed by atoms with E-state index in [2.05, 4.69) is 6.92 Å². The zero-order chi connectivity index (χ0) is 20.1. The number of para-hydroxylation sites is 1. The molecule has 146 valence electrons.